The van der Waals surface area contributed by atoms with E-state index in [0.717, 1.165) is 43.1 Å². The third kappa shape index (κ3) is 4.70. The van der Waals surface area contributed by atoms with Crippen LogP contribution in [0, 0.1) is 0 Å². The van der Waals surface area contributed by atoms with E-state index < -0.39 is 0 Å². The van der Waals surface area contributed by atoms with Crippen molar-refractivity contribution in [1.82, 2.24) is 10.2 Å². The molecule has 1 N–H and O–H groups in total. The Hall–Kier alpha value is -2.59. The van der Waals surface area contributed by atoms with Crippen molar-refractivity contribution in [3.63, 3.8) is 0 Å². The topological polar surface area (TPSA) is 41.6 Å². The van der Waals surface area contributed by atoms with E-state index in [-0.39, 0.29) is 5.91 Å². The second-order valence-corrected chi connectivity index (χ2v) is 5.76. The van der Waals surface area contributed by atoms with Crippen molar-refractivity contribution in [3.05, 3.63) is 71.8 Å². The third-order valence-electron chi connectivity index (χ3n) is 3.95. The van der Waals surface area contributed by atoms with Crippen molar-refractivity contribution in [1.29, 1.82) is 0 Å². The molecule has 0 unspecified atom stereocenters. The molecule has 1 amide bonds. The van der Waals surface area contributed by atoms with E-state index >= 15 is 0 Å². The predicted molar refractivity (Wildman–Crippen MR) is 95.7 cm³/mol. The van der Waals surface area contributed by atoms with E-state index in [2.05, 4.69) is 5.32 Å². The molecule has 0 aromatic heterocycles. The van der Waals surface area contributed by atoms with Crippen LogP contribution in [0.1, 0.15) is 11.1 Å². The first-order valence-corrected chi connectivity index (χ1v) is 8.26. The number of amides is 1. The van der Waals surface area contributed by atoms with Gasteiger partial charge in [0, 0.05) is 32.3 Å². The second-order valence-electron chi connectivity index (χ2n) is 5.76. The van der Waals surface area contributed by atoms with Gasteiger partial charge in [-0.15, -0.1) is 0 Å². The molecular formula is C20H22N2O2. The lowest BCUT2D eigenvalue weighted by atomic mass is 10.2. The van der Waals surface area contributed by atoms with Crippen molar-refractivity contribution in [3.8, 4) is 5.75 Å². The van der Waals surface area contributed by atoms with E-state index in [0.29, 0.717) is 6.61 Å². The first-order chi connectivity index (χ1) is 11.8. The Balaban J connectivity index is 1.58. The number of benzene rings is 2. The molecule has 0 bridgehead atoms. The van der Waals surface area contributed by atoms with Gasteiger partial charge in [-0.1, -0.05) is 42.5 Å². The summed E-state index contributed by atoms with van der Waals surface area (Å²) in [6, 6.07) is 17.9. The molecule has 2 aromatic carbocycles. The van der Waals surface area contributed by atoms with Crippen molar-refractivity contribution in [2.24, 2.45) is 0 Å². The predicted octanol–water partition coefficient (Wildman–Crippen LogP) is 2.71. The minimum Gasteiger partial charge on any atom is -0.489 e. The fourth-order valence-corrected chi connectivity index (χ4v) is 2.61. The van der Waals surface area contributed by atoms with Crippen LogP contribution in [-0.4, -0.2) is 37.0 Å². The Morgan fingerprint density at radius 2 is 1.88 bits per heavy atom. The van der Waals surface area contributed by atoms with Crippen LogP contribution in [-0.2, 0) is 11.4 Å². The summed E-state index contributed by atoms with van der Waals surface area (Å²) < 4.78 is 5.82. The first kappa shape index (κ1) is 16.3. The Morgan fingerprint density at radius 1 is 1.08 bits per heavy atom. The summed E-state index contributed by atoms with van der Waals surface area (Å²) in [5.41, 5.74) is 2.09. The normalized spacial score (nSPS) is 14.8. The average molecular weight is 322 g/mol. The number of ether oxygens (including phenoxy) is 1. The minimum atomic E-state index is 0.0621. The van der Waals surface area contributed by atoms with E-state index in [9.17, 15) is 4.79 Å². The summed E-state index contributed by atoms with van der Waals surface area (Å²) in [6.45, 7) is 3.80. The number of rotatable bonds is 5. The summed E-state index contributed by atoms with van der Waals surface area (Å²) >= 11 is 0. The lowest BCUT2D eigenvalue weighted by molar-refractivity contribution is -0.126. The minimum absolute atomic E-state index is 0.0621. The zero-order chi connectivity index (χ0) is 16.6. The maximum atomic E-state index is 12.1. The van der Waals surface area contributed by atoms with Crippen molar-refractivity contribution in [2.45, 2.75) is 6.61 Å². The zero-order valence-corrected chi connectivity index (χ0v) is 13.7. The molecule has 4 nitrogen and oxygen atoms in total. The molecule has 0 radical (unpaired) electrons. The molecule has 0 saturated carbocycles. The van der Waals surface area contributed by atoms with Gasteiger partial charge >= 0.3 is 0 Å². The largest absolute Gasteiger partial charge is 0.489 e. The highest BCUT2D eigenvalue weighted by Crippen LogP contribution is 2.16. The van der Waals surface area contributed by atoms with Gasteiger partial charge < -0.3 is 15.0 Å². The molecule has 1 aliphatic rings. The van der Waals surface area contributed by atoms with E-state index in [1.807, 2.05) is 65.6 Å². The molecule has 0 spiro atoms. The lowest BCUT2D eigenvalue weighted by Crippen LogP contribution is -2.45. The van der Waals surface area contributed by atoms with Crippen LogP contribution < -0.4 is 10.1 Å². The van der Waals surface area contributed by atoms with Crippen molar-refractivity contribution < 1.29 is 9.53 Å². The molecule has 2 aromatic rings. The number of nitrogens with one attached hydrogen (secondary N) is 1. The van der Waals surface area contributed by atoms with E-state index in [4.69, 9.17) is 4.74 Å². The van der Waals surface area contributed by atoms with Crippen LogP contribution in [0.5, 0.6) is 5.75 Å². The molecule has 1 fully saturated rings. The quantitative estimate of drug-likeness (QED) is 0.861. The van der Waals surface area contributed by atoms with Crippen LogP contribution >= 0.6 is 0 Å². The maximum absolute atomic E-state index is 12.1. The monoisotopic (exact) mass is 322 g/mol. The molecule has 1 saturated heterocycles. The van der Waals surface area contributed by atoms with Gasteiger partial charge in [-0.3, -0.25) is 4.79 Å². The Bertz CT molecular complexity index is 692. The van der Waals surface area contributed by atoms with Gasteiger partial charge in [0.2, 0.25) is 5.91 Å². The summed E-state index contributed by atoms with van der Waals surface area (Å²) in [4.78, 5) is 14.0. The molecule has 1 heterocycles. The SMILES string of the molecule is O=C(/C=C/c1cccc(OCc2ccccc2)c1)N1CCNCC1. The van der Waals surface area contributed by atoms with Gasteiger partial charge in [0.05, 0.1) is 0 Å². The molecule has 3 rings (SSSR count). The van der Waals surface area contributed by atoms with Crippen LogP contribution in [0.2, 0.25) is 0 Å². The third-order valence-corrected chi connectivity index (χ3v) is 3.95. The highest BCUT2D eigenvalue weighted by molar-refractivity contribution is 5.91. The smallest absolute Gasteiger partial charge is 0.246 e. The fraction of sp³-hybridized carbons (Fsp3) is 0.250. The van der Waals surface area contributed by atoms with E-state index in [1.54, 1.807) is 6.08 Å². The molecule has 1 aliphatic heterocycles. The van der Waals surface area contributed by atoms with Gasteiger partial charge in [0.1, 0.15) is 12.4 Å². The summed E-state index contributed by atoms with van der Waals surface area (Å²) in [6.07, 6.45) is 3.49. The van der Waals surface area contributed by atoms with Crippen molar-refractivity contribution >= 4 is 12.0 Å². The summed E-state index contributed by atoms with van der Waals surface area (Å²) in [5, 5.41) is 3.24. The average Bonchev–Trinajstić information content (AvgIpc) is 2.66. The Labute approximate surface area is 142 Å². The molecule has 0 atom stereocenters. The highest BCUT2D eigenvalue weighted by Gasteiger charge is 2.13. The number of hydrogen-bond acceptors (Lipinski definition) is 3. The molecule has 0 aliphatic carbocycles. The standard InChI is InChI=1S/C20H22N2O2/c23-20(22-13-11-21-12-14-22)10-9-17-7-4-8-19(15-17)24-16-18-5-2-1-3-6-18/h1-10,15,21H,11-14,16H2/b10-9+. The first-order valence-electron chi connectivity index (χ1n) is 8.26. The molecular weight excluding hydrogens is 300 g/mol. The Morgan fingerprint density at radius 3 is 2.67 bits per heavy atom. The molecule has 4 heteroatoms. The van der Waals surface area contributed by atoms with Gasteiger partial charge in [0.15, 0.2) is 0 Å². The fourth-order valence-electron chi connectivity index (χ4n) is 2.61. The second kappa shape index (κ2) is 8.31. The number of hydrogen-bond donors (Lipinski definition) is 1. The number of nitrogens with zero attached hydrogens (tertiary/aromatic N) is 1. The van der Waals surface area contributed by atoms with E-state index in [1.165, 1.54) is 0 Å². The van der Waals surface area contributed by atoms with Gasteiger partial charge in [0.25, 0.3) is 0 Å². The van der Waals surface area contributed by atoms with Crippen LogP contribution in [0.4, 0.5) is 0 Å². The van der Waals surface area contributed by atoms with Gasteiger partial charge in [-0.05, 0) is 29.3 Å². The van der Waals surface area contributed by atoms with Crippen LogP contribution in [0.3, 0.4) is 0 Å². The van der Waals surface area contributed by atoms with Crippen LogP contribution in [0.25, 0.3) is 6.08 Å². The number of piperazine rings is 1. The van der Waals surface area contributed by atoms with Gasteiger partial charge in [-0.25, -0.2) is 0 Å². The highest BCUT2D eigenvalue weighted by atomic mass is 16.5. The van der Waals surface area contributed by atoms with Gasteiger partial charge in [-0.2, -0.15) is 0 Å². The summed E-state index contributed by atoms with van der Waals surface area (Å²) in [7, 11) is 0. The molecule has 124 valence electrons. The lowest BCUT2D eigenvalue weighted by Gasteiger charge is -2.26. The number of carbonyl (C=O) groups is 1. The molecule has 24 heavy (non-hydrogen) atoms. The zero-order valence-electron chi connectivity index (χ0n) is 13.7. The Kier molecular flexibility index (Phi) is 5.64. The van der Waals surface area contributed by atoms with Crippen LogP contribution in [0.15, 0.2) is 60.7 Å². The maximum Gasteiger partial charge on any atom is 0.246 e. The van der Waals surface area contributed by atoms with Crippen molar-refractivity contribution in [2.75, 3.05) is 26.2 Å². The number of carbonyl (C=O) groups excluding carboxylic acids is 1. The summed E-state index contributed by atoms with van der Waals surface area (Å²) in [5.74, 6) is 0.864.